The van der Waals surface area contributed by atoms with Gasteiger partial charge in [-0.25, -0.2) is 9.50 Å². The quantitative estimate of drug-likeness (QED) is 0.671. The summed E-state index contributed by atoms with van der Waals surface area (Å²) in [5.41, 5.74) is 3.93. The molecule has 2 heterocycles. The number of hydrogen-bond donors (Lipinski definition) is 0. The van der Waals surface area contributed by atoms with Gasteiger partial charge >= 0.3 is 0 Å². The van der Waals surface area contributed by atoms with Gasteiger partial charge in [-0.15, -0.1) is 0 Å². The van der Waals surface area contributed by atoms with E-state index < -0.39 is 0 Å². The Bertz CT molecular complexity index is 651. The molecule has 1 aliphatic rings. The maximum absolute atomic E-state index is 9.11. The van der Waals surface area contributed by atoms with Gasteiger partial charge in [-0.1, -0.05) is 11.6 Å². The van der Waals surface area contributed by atoms with Crippen molar-refractivity contribution in [3.63, 3.8) is 0 Å². The number of aryl methyl sites for hydroxylation is 2. The second kappa shape index (κ2) is 3.71. The molecule has 0 saturated carbocycles. The maximum Gasteiger partial charge on any atom is 0.175 e. The zero-order valence-corrected chi connectivity index (χ0v) is 10.3. The number of nitriles is 1. The van der Waals surface area contributed by atoms with Crippen LogP contribution in [0.3, 0.4) is 0 Å². The van der Waals surface area contributed by atoms with Gasteiger partial charge in [0, 0.05) is 11.3 Å². The van der Waals surface area contributed by atoms with Crippen LogP contribution in [-0.2, 0) is 12.8 Å². The third-order valence-electron chi connectivity index (χ3n) is 3.26. The first kappa shape index (κ1) is 10.5. The highest BCUT2D eigenvalue weighted by molar-refractivity contribution is 6.30. The summed E-state index contributed by atoms with van der Waals surface area (Å²) < 4.78 is 1.60. The molecule has 0 bridgehead atoms. The van der Waals surface area contributed by atoms with Gasteiger partial charge < -0.3 is 0 Å². The van der Waals surface area contributed by atoms with E-state index in [0.29, 0.717) is 22.1 Å². The Morgan fingerprint density at radius 3 is 2.88 bits per heavy atom. The van der Waals surface area contributed by atoms with E-state index in [2.05, 4.69) is 16.2 Å². The Balaban J connectivity index is 2.41. The minimum Gasteiger partial charge on any atom is -0.232 e. The predicted molar refractivity (Wildman–Crippen MR) is 64.1 cm³/mol. The summed E-state index contributed by atoms with van der Waals surface area (Å²) >= 11 is 6.35. The molecule has 86 valence electrons. The van der Waals surface area contributed by atoms with Crippen LogP contribution in [0.2, 0.25) is 5.15 Å². The van der Waals surface area contributed by atoms with Crippen molar-refractivity contribution in [3.8, 4) is 6.07 Å². The fraction of sp³-hybridized carbons (Fsp3) is 0.417. The van der Waals surface area contributed by atoms with Crippen molar-refractivity contribution in [1.29, 1.82) is 5.26 Å². The van der Waals surface area contributed by atoms with Crippen LogP contribution in [0, 0.1) is 18.3 Å². The van der Waals surface area contributed by atoms with Crippen molar-refractivity contribution >= 4 is 17.2 Å². The van der Waals surface area contributed by atoms with Crippen LogP contribution >= 0.6 is 11.6 Å². The smallest absolute Gasteiger partial charge is 0.175 e. The first-order chi connectivity index (χ1) is 8.22. The van der Waals surface area contributed by atoms with Crippen LogP contribution in [0.15, 0.2) is 0 Å². The number of fused-ring (bicyclic) bond motifs is 2. The molecule has 0 saturated heterocycles. The normalized spacial score (nSPS) is 14.6. The van der Waals surface area contributed by atoms with Crippen molar-refractivity contribution in [2.45, 2.75) is 32.6 Å². The first-order valence-corrected chi connectivity index (χ1v) is 6.07. The first-order valence-electron chi connectivity index (χ1n) is 5.69. The van der Waals surface area contributed by atoms with Gasteiger partial charge in [-0.2, -0.15) is 10.4 Å². The molecular formula is C12H11ClN4. The van der Waals surface area contributed by atoms with E-state index in [0.717, 1.165) is 36.9 Å². The van der Waals surface area contributed by atoms with Gasteiger partial charge in [0.15, 0.2) is 5.65 Å². The van der Waals surface area contributed by atoms with Crippen molar-refractivity contribution in [3.05, 3.63) is 27.7 Å². The lowest BCUT2D eigenvalue weighted by molar-refractivity contribution is 0.659. The van der Waals surface area contributed by atoms with Crippen LogP contribution < -0.4 is 0 Å². The number of rotatable bonds is 0. The molecule has 3 rings (SSSR count). The molecule has 0 unspecified atom stereocenters. The van der Waals surface area contributed by atoms with Gasteiger partial charge in [0.1, 0.15) is 16.8 Å². The van der Waals surface area contributed by atoms with E-state index in [1.54, 1.807) is 4.52 Å². The fourth-order valence-corrected chi connectivity index (χ4v) is 2.70. The average molecular weight is 247 g/mol. The molecule has 0 spiro atoms. The SMILES string of the molecule is Cc1nn2c(Cl)c3c(nc2c1C#N)CCCC3. The second-order valence-corrected chi connectivity index (χ2v) is 4.70. The van der Waals surface area contributed by atoms with E-state index in [4.69, 9.17) is 16.9 Å². The summed E-state index contributed by atoms with van der Waals surface area (Å²) in [6.07, 6.45) is 4.19. The summed E-state index contributed by atoms with van der Waals surface area (Å²) in [6.45, 7) is 1.81. The van der Waals surface area contributed by atoms with Crippen LogP contribution in [0.25, 0.3) is 5.65 Å². The van der Waals surface area contributed by atoms with Crippen molar-refractivity contribution in [2.75, 3.05) is 0 Å². The van der Waals surface area contributed by atoms with Gasteiger partial charge in [0.05, 0.1) is 5.69 Å². The lowest BCUT2D eigenvalue weighted by atomic mass is 9.97. The number of halogens is 1. The maximum atomic E-state index is 9.11. The predicted octanol–water partition coefficient (Wildman–Crippen LogP) is 2.44. The highest BCUT2D eigenvalue weighted by Crippen LogP contribution is 2.28. The van der Waals surface area contributed by atoms with E-state index in [9.17, 15) is 0 Å². The standard InChI is InChI=1S/C12H11ClN4/c1-7-9(6-14)12-15-10-5-3-2-4-8(10)11(13)17(12)16-7/h2-5H2,1H3. The molecule has 0 amide bonds. The molecule has 4 nitrogen and oxygen atoms in total. The highest BCUT2D eigenvalue weighted by atomic mass is 35.5. The second-order valence-electron chi connectivity index (χ2n) is 4.34. The Kier molecular flexibility index (Phi) is 2.30. The van der Waals surface area contributed by atoms with Gasteiger partial charge in [0.2, 0.25) is 0 Å². The number of nitrogens with zero attached hydrogens (tertiary/aromatic N) is 4. The summed E-state index contributed by atoms with van der Waals surface area (Å²) in [5, 5.41) is 14.0. The average Bonchev–Trinajstić information content (AvgIpc) is 2.66. The lowest BCUT2D eigenvalue weighted by Crippen LogP contribution is -2.10. The van der Waals surface area contributed by atoms with Crippen molar-refractivity contribution in [1.82, 2.24) is 14.6 Å². The van der Waals surface area contributed by atoms with Crippen LogP contribution in [0.5, 0.6) is 0 Å². The molecule has 0 atom stereocenters. The monoisotopic (exact) mass is 246 g/mol. The molecule has 0 aromatic carbocycles. The van der Waals surface area contributed by atoms with E-state index in [1.165, 1.54) is 0 Å². The Labute approximate surface area is 104 Å². The Morgan fingerprint density at radius 1 is 1.35 bits per heavy atom. The summed E-state index contributed by atoms with van der Waals surface area (Å²) in [7, 11) is 0. The zero-order chi connectivity index (χ0) is 12.0. The molecule has 0 N–H and O–H groups in total. The highest BCUT2D eigenvalue weighted by Gasteiger charge is 2.20. The molecule has 5 heteroatoms. The van der Waals surface area contributed by atoms with Crippen molar-refractivity contribution < 1.29 is 0 Å². The Hall–Kier alpha value is -1.60. The molecule has 0 aliphatic heterocycles. The largest absolute Gasteiger partial charge is 0.232 e. The summed E-state index contributed by atoms with van der Waals surface area (Å²) in [6, 6.07) is 2.15. The lowest BCUT2D eigenvalue weighted by Gasteiger charge is -2.16. The van der Waals surface area contributed by atoms with E-state index >= 15 is 0 Å². The molecule has 0 fully saturated rings. The van der Waals surface area contributed by atoms with E-state index in [1.807, 2.05) is 6.92 Å². The zero-order valence-electron chi connectivity index (χ0n) is 9.50. The third kappa shape index (κ3) is 1.43. The molecule has 2 aromatic rings. The van der Waals surface area contributed by atoms with E-state index in [-0.39, 0.29) is 0 Å². The van der Waals surface area contributed by atoms with Gasteiger partial charge in [0.25, 0.3) is 0 Å². The molecule has 1 aliphatic carbocycles. The minimum absolute atomic E-state index is 0.528. The molecular weight excluding hydrogens is 236 g/mol. The van der Waals surface area contributed by atoms with Crippen LogP contribution in [0.1, 0.15) is 35.4 Å². The minimum atomic E-state index is 0.528. The topological polar surface area (TPSA) is 54.0 Å². The number of aromatic nitrogens is 3. The van der Waals surface area contributed by atoms with Gasteiger partial charge in [-0.3, -0.25) is 0 Å². The summed E-state index contributed by atoms with van der Waals surface area (Å²) in [4.78, 5) is 4.56. The summed E-state index contributed by atoms with van der Waals surface area (Å²) in [5.74, 6) is 0. The van der Waals surface area contributed by atoms with Gasteiger partial charge in [-0.05, 0) is 32.6 Å². The number of hydrogen-bond acceptors (Lipinski definition) is 3. The molecule has 2 aromatic heterocycles. The molecule has 0 radical (unpaired) electrons. The van der Waals surface area contributed by atoms with Crippen LogP contribution in [0.4, 0.5) is 0 Å². The van der Waals surface area contributed by atoms with Crippen molar-refractivity contribution in [2.24, 2.45) is 0 Å². The Morgan fingerprint density at radius 2 is 2.12 bits per heavy atom. The fourth-order valence-electron chi connectivity index (χ4n) is 2.38. The third-order valence-corrected chi connectivity index (χ3v) is 3.65. The molecule has 17 heavy (non-hydrogen) atoms. The van der Waals surface area contributed by atoms with Crippen LogP contribution in [-0.4, -0.2) is 14.6 Å².